The van der Waals surface area contributed by atoms with Gasteiger partial charge in [-0.2, -0.15) is 5.26 Å². The largest absolute Gasteiger partial charge is 0.367 e. The van der Waals surface area contributed by atoms with Crippen LogP contribution in [0, 0.1) is 11.3 Å². The SMILES string of the molecule is N#CC1(Nc2ccccc2)CCN([C@H]2CC[C@H]3CCCc4cccc2c43)CC1. The average molecular weight is 372 g/mol. The highest BCUT2D eigenvalue weighted by atomic mass is 15.2. The second kappa shape index (κ2) is 7.26. The fourth-order valence-electron chi connectivity index (χ4n) is 5.79. The molecular formula is C25H29N3. The Labute approximate surface area is 168 Å². The maximum absolute atomic E-state index is 9.94. The molecule has 0 unspecified atom stereocenters. The van der Waals surface area contributed by atoms with E-state index in [4.69, 9.17) is 0 Å². The van der Waals surface area contributed by atoms with Crippen LogP contribution in [0.3, 0.4) is 0 Å². The lowest BCUT2D eigenvalue weighted by atomic mass is 9.71. The summed E-state index contributed by atoms with van der Waals surface area (Å²) in [6.45, 7) is 1.98. The quantitative estimate of drug-likeness (QED) is 0.784. The van der Waals surface area contributed by atoms with Gasteiger partial charge in [-0.3, -0.25) is 4.90 Å². The van der Waals surface area contributed by atoms with Gasteiger partial charge in [0.1, 0.15) is 5.54 Å². The molecule has 1 saturated heterocycles. The van der Waals surface area contributed by atoms with Crippen LogP contribution in [0.2, 0.25) is 0 Å². The van der Waals surface area contributed by atoms with Gasteiger partial charge in [0.2, 0.25) is 0 Å². The molecule has 0 saturated carbocycles. The van der Waals surface area contributed by atoms with E-state index in [1.807, 2.05) is 18.2 Å². The van der Waals surface area contributed by atoms with Crippen molar-refractivity contribution in [3.63, 3.8) is 0 Å². The fraction of sp³-hybridized carbons (Fsp3) is 0.480. The van der Waals surface area contributed by atoms with Gasteiger partial charge in [0.15, 0.2) is 0 Å². The summed E-state index contributed by atoms with van der Waals surface area (Å²) in [5.74, 6) is 0.791. The lowest BCUT2D eigenvalue weighted by molar-refractivity contribution is 0.124. The van der Waals surface area contributed by atoms with E-state index < -0.39 is 5.54 Å². The molecule has 1 aliphatic heterocycles. The van der Waals surface area contributed by atoms with Crippen molar-refractivity contribution >= 4 is 5.69 Å². The van der Waals surface area contributed by atoms with E-state index in [1.165, 1.54) is 32.1 Å². The Bertz CT molecular complexity index is 874. The van der Waals surface area contributed by atoms with E-state index in [1.54, 1.807) is 16.7 Å². The normalized spacial score (nSPS) is 26.1. The van der Waals surface area contributed by atoms with Crippen molar-refractivity contribution in [3.8, 4) is 6.07 Å². The molecule has 0 aromatic heterocycles. The predicted octanol–water partition coefficient (Wildman–Crippen LogP) is 5.41. The number of benzene rings is 2. The van der Waals surface area contributed by atoms with E-state index in [0.717, 1.165) is 37.5 Å². The first-order valence-corrected chi connectivity index (χ1v) is 10.9. The Morgan fingerprint density at radius 3 is 2.57 bits per heavy atom. The average Bonchev–Trinajstić information content (AvgIpc) is 2.76. The molecule has 0 amide bonds. The maximum Gasteiger partial charge on any atom is 0.127 e. The number of hydrogen-bond donors (Lipinski definition) is 1. The molecule has 0 radical (unpaired) electrons. The molecular weight excluding hydrogens is 342 g/mol. The van der Waals surface area contributed by atoms with Gasteiger partial charge in [0, 0.05) is 24.8 Å². The molecule has 1 N–H and O–H groups in total. The molecule has 2 aliphatic carbocycles. The minimum absolute atomic E-state index is 0.439. The summed E-state index contributed by atoms with van der Waals surface area (Å²) in [6.07, 6.45) is 8.34. The van der Waals surface area contributed by atoms with Crippen LogP contribution in [-0.2, 0) is 6.42 Å². The van der Waals surface area contributed by atoms with E-state index in [0.29, 0.717) is 6.04 Å². The van der Waals surface area contributed by atoms with Crippen LogP contribution >= 0.6 is 0 Å². The molecule has 0 spiro atoms. The van der Waals surface area contributed by atoms with Gasteiger partial charge in [-0.25, -0.2) is 0 Å². The first-order valence-electron chi connectivity index (χ1n) is 10.9. The molecule has 3 heteroatoms. The molecule has 1 fully saturated rings. The number of hydrogen-bond acceptors (Lipinski definition) is 3. The minimum Gasteiger partial charge on any atom is -0.367 e. The van der Waals surface area contributed by atoms with Crippen molar-refractivity contribution in [1.82, 2.24) is 4.90 Å². The molecule has 2 aromatic carbocycles. The summed E-state index contributed by atoms with van der Waals surface area (Å²) < 4.78 is 0. The van der Waals surface area contributed by atoms with Crippen LogP contribution in [-0.4, -0.2) is 23.5 Å². The number of nitrogens with one attached hydrogen (secondary N) is 1. The highest BCUT2D eigenvalue weighted by Gasteiger charge is 2.39. The van der Waals surface area contributed by atoms with E-state index in [9.17, 15) is 5.26 Å². The van der Waals surface area contributed by atoms with E-state index >= 15 is 0 Å². The summed E-state index contributed by atoms with van der Waals surface area (Å²) in [6, 6.07) is 20.3. The summed E-state index contributed by atoms with van der Waals surface area (Å²) in [5.41, 5.74) is 5.49. The van der Waals surface area contributed by atoms with Crippen molar-refractivity contribution in [2.75, 3.05) is 18.4 Å². The number of anilines is 1. The van der Waals surface area contributed by atoms with Crippen molar-refractivity contribution in [1.29, 1.82) is 5.26 Å². The molecule has 0 bridgehead atoms. The second-order valence-corrected chi connectivity index (χ2v) is 8.82. The van der Waals surface area contributed by atoms with Crippen molar-refractivity contribution in [2.24, 2.45) is 0 Å². The highest BCUT2D eigenvalue weighted by Crippen LogP contribution is 2.47. The molecule has 144 valence electrons. The number of nitrogens with zero attached hydrogens (tertiary/aromatic N) is 2. The van der Waals surface area contributed by atoms with Crippen LogP contribution in [0.25, 0.3) is 0 Å². The Morgan fingerprint density at radius 1 is 0.964 bits per heavy atom. The topological polar surface area (TPSA) is 39.1 Å². The number of piperidine rings is 1. The first kappa shape index (κ1) is 17.8. The van der Waals surface area contributed by atoms with E-state index in [2.05, 4.69) is 46.6 Å². The predicted molar refractivity (Wildman–Crippen MR) is 113 cm³/mol. The summed E-state index contributed by atoms with van der Waals surface area (Å²) >= 11 is 0. The van der Waals surface area contributed by atoms with Crippen molar-refractivity contribution in [2.45, 2.75) is 62.4 Å². The molecule has 3 nitrogen and oxygen atoms in total. The van der Waals surface area contributed by atoms with Crippen molar-refractivity contribution in [3.05, 3.63) is 65.2 Å². The van der Waals surface area contributed by atoms with Crippen molar-refractivity contribution < 1.29 is 0 Å². The maximum atomic E-state index is 9.94. The highest BCUT2D eigenvalue weighted by molar-refractivity contribution is 5.48. The second-order valence-electron chi connectivity index (χ2n) is 8.82. The van der Waals surface area contributed by atoms with E-state index in [-0.39, 0.29) is 0 Å². The first-order chi connectivity index (χ1) is 13.8. The van der Waals surface area contributed by atoms with Gasteiger partial charge in [-0.1, -0.05) is 36.4 Å². The third kappa shape index (κ3) is 3.10. The van der Waals surface area contributed by atoms with Gasteiger partial charge in [0.05, 0.1) is 6.07 Å². The smallest absolute Gasteiger partial charge is 0.127 e. The number of para-hydroxylation sites is 1. The Hall–Kier alpha value is -2.31. The number of likely N-dealkylation sites (tertiary alicyclic amines) is 1. The lowest BCUT2D eigenvalue weighted by Crippen LogP contribution is -2.49. The van der Waals surface area contributed by atoms with Crippen LogP contribution in [0.1, 0.15) is 67.2 Å². The van der Waals surface area contributed by atoms with Crippen LogP contribution in [0.4, 0.5) is 5.69 Å². The zero-order chi connectivity index (χ0) is 19.0. The Morgan fingerprint density at radius 2 is 1.79 bits per heavy atom. The van der Waals surface area contributed by atoms with Gasteiger partial charge >= 0.3 is 0 Å². The summed E-state index contributed by atoms with van der Waals surface area (Å²) in [4.78, 5) is 2.66. The molecule has 5 rings (SSSR count). The molecule has 28 heavy (non-hydrogen) atoms. The van der Waals surface area contributed by atoms with Crippen LogP contribution in [0.15, 0.2) is 48.5 Å². The standard InChI is InChI=1S/C25H29N3/c26-18-25(27-21-9-2-1-3-10-21)14-16-28(17-15-25)23-13-12-20-7-4-6-19-8-5-11-22(23)24(19)20/h1-3,5,8-11,20,23,27H,4,6-7,12-17H2/t20-,23+/m1/s1. The Balaban J connectivity index is 1.34. The monoisotopic (exact) mass is 371 g/mol. The van der Waals surface area contributed by atoms with Gasteiger partial charge < -0.3 is 5.32 Å². The summed E-state index contributed by atoms with van der Waals surface area (Å²) in [7, 11) is 0. The van der Waals surface area contributed by atoms with Gasteiger partial charge in [-0.05, 0) is 79.7 Å². The zero-order valence-corrected chi connectivity index (χ0v) is 16.5. The molecule has 3 aliphatic rings. The van der Waals surface area contributed by atoms with Crippen LogP contribution < -0.4 is 5.32 Å². The lowest BCUT2D eigenvalue weighted by Gasteiger charge is -2.45. The number of nitriles is 1. The fourth-order valence-corrected chi connectivity index (χ4v) is 5.79. The number of rotatable bonds is 3. The van der Waals surface area contributed by atoms with Gasteiger partial charge in [0.25, 0.3) is 0 Å². The Kier molecular flexibility index (Phi) is 4.61. The molecule has 2 aromatic rings. The third-order valence-electron chi connectivity index (χ3n) is 7.25. The third-order valence-corrected chi connectivity index (χ3v) is 7.25. The minimum atomic E-state index is -0.439. The van der Waals surface area contributed by atoms with Gasteiger partial charge in [-0.15, -0.1) is 0 Å². The molecule has 2 atom stereocenters. The zero-order valence-electron chi connectivity index (χ0n) is 16.5. The number of aryl methyl sites for hydroxylation is 1. The summed E-state index contributed by atoms with van der Waals surface area (Å²) in [5, 5.41) is 13.5. The molecule has 1 heterocycles. The van der Waals surface area contributed by atoms with Crippen LogP contribution in [0.5, 0.6) is 0 Å².